The summed E-state index contributed by atoms with van der Waals surface area (Å²) in [5.74, 6) is 1.76. The number of aromatic nitrogens is 4. The van der Waals surface area contributed by atoms with Gasteiger partial charge in [0.05, 0.1) is 27.2 Å². The SMILES string of the molecule is C[n+]1ccn(CCCCCCn2cc[n+](C)c2/C=N\O)c1/C=N\O. The number of hydrogen-bond acceptors (Lipinski definition) is 4. The summed E-state index contributed by atoms with van der Waals surface area (Å²) in [6.45, 7) is 1.81. The maximum absolute atomic E-state index is 8.71. The molecule has 2 aromatic heterocycles. The van der Waals surface area contributed by atoms with E-state index in [-0.39, 0.29) is 0 Å². The highest BCUT2D eigenvalue weighted by molar-refractivity contribution is 5.72. The minimum Gasteiger partial charge on any atom is -0.411 e. The zero-order valence-electron chi connectivity index (χ0n) is 14.3. The van der Waals surface area contributed by atoms with Gasteiger partial charge in [-0.25, -0.2) is 18.3 Å². The molecular formula is C16H26N6O2+2. The minimum absolute atomic E-state index is 0.880. The Morgan fingerprint density at radius 3 is 1.62 bits per heavy atom. The summed E-state index contributed by atoms with van der Waals surface area (Å²) in [6, 6.07) is 0. The molecule has 0 spiro atoms. The van der Waals surface area contributed by atoms with Crippen LogP contribution in [0.4, 0.5) is 0 Å². The van der Waals surface area contributed by atoms with Crippen molar-refractivity contribution in [3.8, 4) is 0 Å². The van der Waals surface area contributed by atoms with Crippen molar-refractivity contribution in [2.45, 2.75) is 38.8 Å². The lowest BCUT2D eigenvalue weighted by atomic mass is 10.2. The summed E-state index contributed by atoms with van der Waals surface area (Å²) in [7, 11) is 3.86. The van der Waals surface area contributed by atoms with E-state index in [0.717, 1.165) is 50.4 Å². The molecule has 2 heterocycles. The summed E-state index contributed by atoms with van der Waals surface area (Å²) in [4.78, 5) is 0. The van der Waals surface area contributed by atoms with E-state index in [0.29, 0.717) is 0 Å². The van der Waals surface area contributed by atoms with Crippen molar-refractivity contribution in [1.82, 2.24) is 9.13 Å². The molecule has 0 aromatic carbocycles. The molecule has 0 saturated carbocycles. The van der Waals surface area contributed by atoms with Gasteiger partial charge in [-0.2, -0.15) is 0 Å². The van der Waals surface area contributed by atoms with Crippen molar-refractivity contribution in [3.63, 3.8) is 0 Å². The van der Waals surface area contributed by atoms with E-state index in [4.69, 9.17) is 10.4 Å². The molecule has 0 amide bonds. The standard InChI is InChI=1S/C16H24N6O2/c1-19-9-11-21(15(19)13-17-23)7-5-3-4-6-8-22-12-10-20(2)16(22)14-18-24/h9-14H,3-8H2,1-2H3/p+2. The Hall–Kier alpha value is -2.64. The van der Waals surface area contributed by atoms with Crippen molar-refractivity contribution in [3.05, 3.63) is 36.4 Å². The van der Waals surface area contributed by atoms with E-state index in [1.54, 1.807) is 0 Å². The smallest absolute Gasteiger partial charge is 0.303 e. The summed E-state index contributed by atoms with van der Waals surface area (Å²) in [6.07, 6.45) is 15.2. The maximum Gasteiger partial charge on any atom is 0.303 e. The van der Waals surface area contributed by atoms with Crippen LogP contribution in [0.25, 0.3) is 0 Å². The fourth-order valence-corrected chi connectivity index (χ4v) is 2.80. The van der Waals surface area contributed by atoms with Gasteiger partial charge in [-0.3, -0.25) is 0 Å². The molecular weight excluding hydrogens is 308 g/mol. The van der Waals surface area contributed by atoms with Crippen LogP contribution in [0.5, 0.6) is 0 Å². The molecule has 130 valence electrons. The van der Waals surface area contributed by atoms with Crippen molar-refractivity contribution in [1.29, 1.82) is 0 Å². The molecule has 0 aliphatic carbocycles. The van der Waals surface area contributed by atoms with Gasteiger partial charge in [-0.05, 0) is 25.7 Å². The zero-order valence-corrected chi connectivity index (χ0v) is 14.3. The third kappa shape index (κ3) is 4.43. The number of oxime groups is 2. The molecule has 0 unspecified atom stereocenters. The summed E-state index contributed by atoms with van der Waals surface area (Å²) >= 11 is 0. The Kier molecular flexibility index (Phi) is 6.53. The second-order valence-electron chi connectivity index (χ2n) is 5.82. The zero-order chi connectivity index (χ0) is 17.4. The first kappa shape index (κ1) is 17.7. The fraction of sp³-hybridized carbons (Fsp3) is 0.500. The van der Waals surface area contributed by atoms with Gasteiger partial charge in [0.15, 0.2) is 12.4 Å². The van der Waals surface area contributed by atoms with Crippen molar-refractivity contribution >= 4 is 12.4 Å². The van der Waals surface area contributed by atoms with E-state index in [1.807, 2.05) is 48.0 Å². The van der Waals surface area contributed by atoms with E-state index in [1.165, 1.54) is 12.4 Å². The average Bonchev–Trinajstić information content (AvgIpc) is 3.09. The Labute approximate surface area is 141 Å². The van der Waals surface area contributed by atoms with E-state index >= 15 is 0 Å². The highest BCUT2D eigenvalue weighted by atomic mass is 16.4. The highest BCUT2D eigenvalue weighted by Crippen LogP contribution is 2.06. The van der Waals surface area contributed by atoms with Gasteiger partial charge in [0, 0.05) is 0 Å². The normalized spacial score (nSPS) is 11.9. The molecule has 24 heavy (non-hydrogen) atoms. The van der Waals surface area contributed by atoms with Gasteiger partial charge in [-0.15, -0.1) is 0 Å². The predicted octanol–water partition coefficient (Wildman–Crippen LogP) is 0.815. The van der Waals surface area contributed by atoms with Crippen LogP contribution in [0.1, 0.15) is 37.3 Å². The van der Waals surface area contributed by atoms with Crippen molar-refractivity contribution in [2.75, 3.05) is 0 Å². The summed E-state index contributed by atoms with van der Waals surface area (Å²) in [5.41, 5.74) is 0. The van der Waals surface area contributed by atoms with Gasteiger partial charge in [0.25, 0.3) is 0 Å². The third-order valence-corrected chi connectivity index (χ3v) is 4.15. The molecule has 2 rings (SSSR count). The number of aryl methyl sites for hydroxylation is 4. The lowest BCUT2D eigenvalue weighted by Crippen LogP contribution is -2.32. The Bertz CT molecular complexity index is 641. The van der Waals surface area contributed by atoms with Crippen LogP contribution in [0.2, 0.25) is 0 Å². The Morgan fingerprint density at radius 2 is 1.25 bits per heavy atom. The van der Waals surface area contributed by atoms with Crippen LogP contribution in [0.15, 0.2) is 35.1 Å². The van der Waals surface area contributed by atoms with Crippen LogP contribution < -0.4 is 9.13 Å². The minimum atomic E-state index is 0.880. The summed E-state index contributed by atoms with van der Waals surface area (Å²) in [5, 5.41) is 23.7. The quantitative estimate of drug-likeness (QED) is 0.234. The van der Waals surface area contributed by atoms with Crippen LogP contribution in [0, 0.1) is 0 Å². The monoisotopic (exact) mass is 334 g/mol. The molecule has 8 nitrogen and oxygen atoms in total. The average molecular weight is 334 g/mol. The summed E-state index contributed by atoms with van der Waals surface area (Å²) < 4.78 is 8.02. The third-order valence-electron chi connectivity index (χ3n) is 4.15. The van der Waals surface area contributed by atoms with E-state index < -0.39 is 0 Å². The molecule has 0 aliphatic heterocycles. The predicted molar refractivity (Wildman–Crippen MR) is 88.4 cm³/mol. The van der Waals surface area contributed by atoms with Gasteiger partial charge < -0.3 is 10.4 Å². The highest BCUT2D eigenvalue weighted by Gasteiger charge is 2.13. The van der Waals surface area contributed by atoms with Crippen LogP contribution in [-0.2, 0) is 27.2 Å². The Morgan fingerprint density at radius 1 is 0.833 bits per heavy atom. The lowest BCUT2D eigenvalue weighted by Gasteiger charge is -2.01. The number of imidazole rings is 2. The second-order valence-corrected chi connectivity index (χ2v) is 5.82. The molecule has 0 atom stereocenters. The molecule has 0 saturated heterocycles. The second kappa shape index (κ2) is 8.85. The molecule has 0 radical (unpaired) electrons. The first-order valence-corrected chi connectivity index (χ1v) is 8.11. The molecule has 0 fully saturated rings. The maximum atomic E-state index is 8.71. The molecule has 8 heteroatoms. The molecule has 2 aromatic rings. The van der Waals surface area contributed by atoms with Crippen LogP contribution in [0.3, 0.4) is 0 Å². The number of unbranched alkanes of at least 4 members (excludes halogenated alkanes) is 3. The molecule has 0 aliphatic rings. The van der Waals surface area contributed by atoms with E-state index in [9.17, 15) is 0 Å². The van der Waals surface area contributed by atoms with E-state index in [2.05, 4.69) is 19.4 Å². The number of rotatable bonds is 9. The van der Waals surface area contributed by atoms with Crippen molar-refractivity contribution in [2.24, 2.45) is 24.4 Å². The number of hydrogen-bond donors (Lipinski definition) is 2. The van der Waals surface area contributed by atoms with Crippen molar-refractivity contribution < 1.29 is 19.5 Å². The van der Waals surface area contributed by atoms with Gasteiger partial charge >= 0.3 is 11.6 Å². The fourth-order valence-electron chi connectivity index (χ4n) is 2.80. The lowest BCUT2D eigenvalue weighted by molar-refractivity contribution is -0.672. The van der Waals surface area contributed by atoms with Crippen LogP contribution in [-0.4, -0.2) is 32.0 Å². The van der Waals surface area contributed by atoms with Gasteiger partial charge in [0.2, 0.25) is 0 Å². The van der Waals surface area contributed by atoms with Crippen LogP contribution >= 0.6 is 0 Å². The molecule has 0 bridgehead atoms. The molecule has 2 N–H and O–H groups in total. The van der Waals surface area contributed by atoms with Gasteiger partial charge in [-0.1, -0.05) is 10.3 Å². The first-order valence-electron chi connectivity index (χ1n) is 8.11. The number of nitrogens with zero attached hydrogens (tertiary/aromatic N) is 6. The first-order chi connectivity index (χ1) is 11.7. The Balaban J connectivity index is 1.73. The van der Waals surface area contributed by atoms with Gasteiger partial charge in [0.1, 0.15) is 24.8 Å². The topological polar surface area (TPSA) is 82.8 Å². The largest absolute Gasteiger partial charge is 0.411 e.